The monoisotopic (exact) mass is 394 g/mol. The van der Waals surface area contributed by atoms with Gasteiger partial charge in [-0.3, -0.25) is 9.59 Å². The van der Waals surface area contributed by atoms with Crippen LogP contribution in [0.1, 0.15) is 16.1 Å². The van der Waals surface area contributed by atoms with Crippen molar-refractivity contribution in [3.63, 3.8) is 0 Å². The van der Waals surface area contributed by atoms with Crippen LogP contribution in [0.5, 0.6) is 11.5 Å². The number of methoxy groups -OCH3 is 1. The summed E-state index contributed by atoms with van der Waals surface area (Å²) < 4.78 is 16.2. The zero-order chi connectivity index (χ0) is 18.4. The number of fused-ring (bicyclic) bond motifs is 1. The first kappa shape index (κ1) is 18.7. The lowest BCUT2D eigenvalue weighted by molar-refractivity contribution is -0.120. The van der Waals surface area contributed by atoms with Crippen molar-refractivity contribution in [3.8, 4) is 11.5 Å². The maximum Gasteiger partial charge on any atom is 0.231 e. The summed E-state index contributed by atoms with van der Waals surface area (Å²) in [5.74, 6) is 1.41. The average molecular weight is 394 g/mol. The molecule has 0 saturated heterocycles. The number of thiazole rings is 1. The van der Waals surface area contributed by atoms with Gasteiger partial charge in [0.05, 0.1) is 24.5 Å². The summed E-state index contributed by atoms with van der Waals surface area (Å²) in [6.45, 7) is 1.14. The number of ketones is 1. The Morgan fingerprint density at radius 1 is 1.35 bits per heavy atom. The average Bonchev–Trinajstić information content (AvgIpc) is 3.28. The van der Waals surface area contributed by atoms with Gasteiger partial charge in [-0.2, -0.15) is 0 Å². The van der Waals surface area contributed by atoms with Crippen LogP contribution in [-0.4, -0.2) is 49.5 Å². The van der Waals surface area contributed by atoms with Crippen molar-refractivity contribution < 1.29 is 23.8 Å². The Hall–Kier alpha value is -2.10. The van der Waals surface area contributed by atoms with E-state index in [9.17, 15) is 9.59 Å². The molecule has 26 heavy (non-hydrogen) atoms. The van der Waals surface area contributed by atoms with Gasteiger partial charge >= 0.3 is 0 Å². The Morgan fingerprint density at radius 2 is 2.19 bits per heavy atom. The summed E-state index contributed by atoms with van der Waals surface area (Å²) in [4.78, 5) is 28.5. The normalized spacial score (nSPS) is 12.2. The molecule has 1 amide bonds. The SMILES string of the molecule is COCCNC(=O)Cc1csc(SCC(=O)c2ccc3c(c2)OCO3)n1. The predicted molar refractivity (Wildman–Crippen MR) is 98.3 cm³/mol. The highest BCUT2D eigenvalue weighted by Gasteiger charge is 2.17. The van der Waals surface area contributed by atoms with Crippen molar-refractivity contribution in [3.05, 3.63) is 34.8 Å². The minimum atomic E-state index is -0.0969. The summed E-state index contributed by atoms with van der Waals surface area (Å²) in [5.41, 5.74) is 1.28. The molecule has 3 rings (SSSR count). The van der Waals surface area contributed by atoms with Crippen molar-refractivity contribution in [1.29, 1.82) is 0 Å². The molecular weight excluding hydrogens is 376 g/mol. The van der Waals surface area contributed by atoms with Gasteiger partial charge < -0.3 is 19.5 Å². The molecule has 2 heterocycles. The molecule has 1 aromatic carbocycles. The number of benzene rings is 1. The van der Waals surface area contributed by atoms with Gasteiger partial charge in [0.1, 0.15) is 0 Å². The number of carbonyl (C=O) groups is 2. The fourth-order valence-electron chi connectivity index (χ4n) is 2.24. The van der Waals surface area contributed by atoms with E-state index in [2.05, 4.69) is 10.3 Å². The van der Waals surface area contributed by atoms with Gasteiger partial charge in [0, 0.05) is 24.6 Å². The highest BCUT2D eigenvalue weighted by atomic mass is 32.2. The van der Waals surface area contributed by atoms with Crippen molar-refractivity contribution >= 4 is 34.8 Å². The largest absolute Gasteiger partial charge is 0.454 e. The van der Waals surface area contributed by atoms with Gasteiger partial charge in [0.2, 0.25) is 12.7 Å². The number of nitrogens with zero attached hydrogens (tertiary/aromatic N) is 1. The molecular formula is C17H18N2O5S2. The lowest BCUT2D eigenvalue weighted by Gasteiger charge is -2.02. The topological polar surface area (TPSA) is 86.8 Å². The third-order valence-electron chi connectivity index (χ3n) is 3.52. The molecule has 0 atom stereocenters. The zero-order valence-electron chi connectivity index (χ0n) is 14.1. The van der Waals surface area contributed by atoms with E-state index in [1.807, 2.05) is 5.38 Å². The summed E-state index contributed by atoms with van der Waals surface area (Å²) in [6, 6.07) is 5.17. The second kappa shape index (κ2) is 9.02. The number of aromatic nitrogens is 1. The molecule has 138 valence electrons. The highest BCUT2D eigenvalue weighted by molar-refractivity contribution is 8.01. The van der Waals surface area contributed by atoms with E-state index >= 15 is 0 Å². The number of nitrogens with one attached hydrogen (secondary N) is 1. The minimum absolute atomic E-state index is 0.0117. The molecule has 0 saturated carbocycles. The van der Waals surface area contributed by atoms with E-state index in [-0.39, 0.29) is 30.7 Å². The number of hydrogen-bond donors (Lipinski definition) is 1. The van der Waals surface area contributed by atoms with Crippen molar-refractivity contribution in [2.24, 2.45) is 0 Å². The van der Waals surface area contributed by atoms with E-state index in [0.29, 0.717) is 35.9 Å². The molecule has 1 aliphatic rings. The zero-order valence-corrected chi connectivity index (χ0v) is 15.8. The number of hydrogen-bond acceptors (Lipinski definition) is 8. The van der Waals surface area contributed by atoms with E-state index in [1.54, 1.807) is 25.3 Å². The van der Waals surface area contributed by atoms with Gasteiger partial charge in [-0.15, -0.1) is 11.3 Å². The Balaban J connectivity index is 1.48. The van der Waals surface area contributed by atoms with Crippen LogP contribution in [0.2, 0.25) is 0 Å². The maximum absolute atomic E-state index is 12.3. The summed E-state index contributed by atoms with van der Waals surface area (Å²) in [6.07, 6.45) is 0.219. The van der Waals surface area contributed by atoms with Crippen LogP contribution in [0.15, 0.2) is 27.9 Å². The molecule has 2 aromatic rings. The number of Topliss-reactive ketones (excluding diaryl/α,β-unsaturated/α-hetero) is 1. The van der Waals surface area contributed by atoms with Crippen molar-refractivity contribution in [1.82, 2.24) is 10.3 Å². The smallest absolute Gasteiger partial charge is 0.231 e. The third-order valence-corrected chi connectivity index (χ3v) is 5.59. The van der Waals surface area contributed by atoms with Crippen LogP contribution < -0.4 is 14.8 Å². The van der Waals surface area contributed by atoms with Crippen LogP contribution in [-0.2, 0) is 16.0 Å². The molecule has 0 spiro atoms. The minimum Gasteiger partial charge on any atom is -0.454 e. The molecule has 0 fully saturated rings. The fraction of sp³-hybridized carbons (Fsp3) is 0.353. The van der Waals surface area contributed by atoms with Crippen molar-refractivity contribution in [2.75, 3.05) is 32.8 Å². The number of amides is 1. The second-order valence-corrected chi connectivity index (χ2v) is 7.48. The van der Waals surface area contributed by atoms with Crippen LogP contribution in [0.3, 0.4) is 0 Å². The molecule has 1 aliphatic heterocycles. The lowest BCUT2D eigenvalue weighted by Crippen LogP contribution is -2.28. The molecule has 0 radical (unpaired) electrons. The maximum atomic E-state index is 12.3. The van der Waals surface area contributed by atoms with Gasteiger partial charge in [-0.25, -0.2) is 4.98 Å². The van der Waals surface area contributed by atoms with Gasteiger partial charge in [-0.05, 0) is 18.2 Å². The van der Waals surface area contributed by atoms with Gasteiger partial charge in [0.25, 0.3) is 0 Å². The number of carbonyl (C=O) groups excluding carboxylic acids is 2. The van der Waals surface area contributed by atoms with E-state index in [0.717, 1.165) is 4.34 Å². The Morgan fingerprint density at radius 3 is 3.04 bits per heavy atom. The highest BCUT2D eigenvalue weighted by Crippen LogP contribution is 2.33. The fourth-order valence-corrected chi connectivity index (χ4v) is 3.98. The Bertz CT molecular complexity index is 793. The van der Waals surface area contributed by atoms with Crippen molar-refractivity contribution in [2.45, 2.75) is 10.8 Å². The van der Waals surface area contributed by atoms with Crippen LogP contribution >= 0.6 is 23.1 Å². The van der Waals surface area contributed by atoms with E-state index < -0.39 is 0 Å². The first-order valence-corrected chi connectivity index (χ1v) is 9.78. The molecule has 0 unspecified atom stereocenters. The summed E-state index contributed by atoms with van der Waals surface area (Å²) >= 11 is 2.79. The molecule has 1 N–H and O–H groups in total. The molecule has 1 aromatic heterocycles. The summed E-state index contributed by atoms with van der Waals surface area (Å²) in [5, 5.41) is 4.59. The van der Waals surface area contributed by atoms with Gasteiger partial charge in [-0.1, -0.05) is 11.8 Å². The van der Waals surface area contributed by atoms with Gasteiger partial charge in [0.15, 0.2) is 21.6 Å². The quantitative estimate of drug-likeness (QED) is 0.396. The van der Waals surface area contributed by atoms with Crippen LogP contribution in [0.4, 0.5) is 0 Å². The molecule has 7 nitrogen and oxygen atoms in total. The van der Waals surface area contributed by atoms with Crippen LogP contribution in [0, 0.1) is 0 Å². The standard InChI is InChI=1S/C17H18N2O5S2/c1-22-5-4-18-16(21)7-12-8-25-17(19-12)26-9-13(20)11-2-3-14-15(6-11)24-10-23-14/h2-3,6,8H,4-5,7,9-10H2,1H3,(H,18,21). The molecule has 9 heteroatoms. The Labute approximate surface area is 159 Å². The van der Waals surface area contributed by atoms with Crippen LogP contribution in [0.25, 0.3) is 0 Å². The lowest BCUT2D eigenvalue weighted by atomic mass is 10.1. The molecule has 0 aliphatic carbocycles. The molecule has 0 bridgehead atoms. The first-order valence-electron chi connectivity index (χ1n) is 7.91. The number of ether oxygens (including phenoxy) is 3. The first-order chi connectivity index (χ1) is 12.7. The number of rotatable bonds is 9. The Kier molecular flexibility index (Phi) is 6.48. The predicted octanol–water partition coefficient (Wildman–Crippen LogP) is 2.15. The van der Waals surface area contributed by atoms with E-state index in [4.69, 9.17) is 14.2 Å². The summed E-state index contributed by atoms with van der Waals surface area (Å²) in [7, 11) is 1.58. The number of thioether (sulfide) groups is 1. The second-order valence-electron chi connectivity index (χ2n) is 5.40. The van der Waals surface area contributed by atoms with E-state index in [1.165, 1.54) is 23.1 Å². The third kappa shape index (κ3) is 4.96.